The summed E-state index contributed by atoms with van der Waals surface area (Å²) >= 11 is 0. The Balaban J connectivity index is 1.63. The third kappa shape index (κ3) is 6.60. The van der Waals surface area contributed by atoms with Gasteiger partial charge in [-0.2, -0.15) is 4.98 Å². The van der Waals surface area contributed by atoms with Gasteiger partial charge in [0.1, 0.15) is 18.5 Å². The summed E-state index contributed by atoms with van der Waals surface area (Å²) in [7, 11) is -0.113. The first-order valence-corrected chi connectivity index (χ1v) is 11.9. The van der Waals surface area contributed by atoms with Crippen LogP contribution >= 0.6 is 8.96 Å². The third-order valence-electron chi connectivity index (χ3n) is 5.22. The summed E-state index contributed by atoms with van der Waals surface area (Å²) in [4.78, 5) is 28.4. The molecular formula is C23H32FN4O5P. The van der Waals surface area contributed by atoms with Gasteiger partial charge in [-0.25, -0.2) is 14.0 Å². The summed E-state index contributed by atoms with van der Waals surface area (Å²) in [5, 5.41) is 2.39. The highest BCUT2D eigenvalue weighted by atomic mass is 31.1. The maximum Gasteiger partial charge on any atom is 0.413 e. The van der Waals surface area contributed by atoms with Gasteiger partial charge in [-0.3, -0.25) is 14.6 Å². The number of rotatable bonds is 9. The number of aromatic nitrogens is 2. The van der Waals surface area contributed by atoms with Crippen LogP contribution < -0.4 is 11.0 Å². The first-order valence-electron chi connectivity index (χ1n) is 11.8. The van der Waals surface area contributed by atoms with Gasteiger partial charge in [-0.1, -0.05) is 30.3 Å². The van der Waals surface area contributed by atoms with Crippen molar-refractivity contribution < 1.29 is 24.6 Å². The predicted molar refractivity (Wildman–Crippen MR) is 129 cm³/mol. The van der Waals surface area contributed by atoms with Crippen molar-refractivity contribution in [2.75, 3.05) is 5.32 Å². The molecule has 0 radical (unpaired) electrons. The molecule has 1 saturated heterocycles. The lowest BCUT2D eigenvalue weighted by Gasteiger charge is -2.31. The van der Waals surface area contributed by atoms with E-state index in [1.54, 1.807) is 0 Å². The monoisotopic (exact) mass is 495 g/mol. The maximum atomic E-state index is 15.4. The van der Waals surface area contributed by atoms with Crippen LogP contribution in [0.4, 0.5) is 15.0 Å². The van der Waals surface area contributed by atoms with Crippen LogP contribution in [0.3, 0.4) is 0 Å². The Bertz CT molecular complexity index is 1020. The number of amides is 1. The Kier molecular flexibility index (Phi) is 8.61. The van der Waals surface area contributed by atoms with Crippen molar-refractivity contribution >= 4 is 20.9 Å². The van der Waals surface area contributed by atoms with Crippen molar-refractivity contribution in [2.24, 2.45) is 0 Å². The van der Waals surface area contributed by atoms with Gasteiger partial charge in [0.25, 0.3) is 0 Å². The molecule has 0 saturated carbocycles. The first kappa shape index (κ1) is 24.7. The molecule has 1 N–H and O–H groups in total. The standard InChI is InChI=1S/C23H32FN4O5P/c1-14(2)28(15(3)4)34-33-20-16(5)32-21(19(20)24)27-12-11-18(25-22(27)29)26-23(30)31-13-17-9-7-6-8-10-17/h6-12,14-16,19-21,34H,13H2,1-5H3,(H,25,26,29,30)/i5D. The van der Waals surface area contributed by atoms with Crippen molar-refractivity contribution in [3.05, 3.63) is 58.6 Å². The molecule has 1 fully saturated rings. The van der Waals surface area contributed by atoms with Gasteiger partial charge in [0, 0.05) is 19.7 Å². The fraction of sp³-hybridized carbons (Fsp3) is 0.522. The van der Waals surface area contributed by atoms with Crippen LogP contribution in [0.1, 0.15) is 47.8 Å². The average molecular weight is 496 g/mol. The second kappa shape index (κ2) is 11.8. The van der Waals surface area contributed by atoms with E-state index >= 15 is 4.39 Å². The topological polar surface area (TPSA) is 94.9 Å². The van der Waals surface area contributed by atoms with Gasteiger partial charge in [-0.15, -0.1) is 0 Å². The number of nitrogens with one attached hydrogen (secondary N) is 1. The van der Waals surface area contributed by atoms with E-state index < -0.39 is 36.4 Å². The molecule has 11 heteroatoms. The molecule has 1 aromatic carbocycles. The zero-order valence-corrected chi connectivity index (χ0v) is 20.7. The van der Waals surface area contributed by atoms with E-state index in [2.05, 4.69) is 15.0 Å². The number of halogens is 1. The number of alkyl halides is 1. The van der Waals surface area contributed by atoms with Crippen molar-refractivity contribution in [3.8, 4) is 0 Å². The molecule has 5 unspecified atom stereocenters. The van der Waals surface area contributed by atoms with Gasteiger partial charge < -0.3 is 14.0 Å². The number of ether oxygens (including phenoxy) is 2. The minimum absolute atomic E-state index is 0.0338. The molecule has 5 atom stereocenters. The molecule has 1 aliphatic heterocycles. The summed E-state index contributed by atoms with van der Waals surface area (Å²) in [6.45, 7) is 7.94. The van der Waals surface area contributed by atoms with Gasteiger partial charge in [0.05, 0.1) is 15.1 Å². The van der Waals surface area contributed by atoms with E-state index in [0.717, 1.165) is 10.1 Å². The molecule has 1 aliphatic rings. The van der Waals surface area contributed by atoms with E-state index in [4.69, 9.17) is 15.4 Å². The van der Waals surface area contributed by atoms with Crippen molar-refractivity contribution in [3.63, 3.8) is 0 Å². The zero-order valence-electron chi connectivity index (χ0n) is 20.7. The number of nitrogens with zero attached hydrogens (tertiary/aromatic N) is 3. The second-order valence-electron chi connectivity index (χ2n) is 8.47. The Labute approximate surface area is 201 Å². The lowest BCUT2D eigenvalue weighted by Crippen LogP contribution is -2.35. The number of benzene rings is 1. The molecule has 3 rings (SSSR count). The minimum atomic E-state index is -1.67. The fourth-order valence-corrected chi connectivity index (χ4v) is 4.47. The summed E-state index contributed by atoms with van der Waals surface area (Å²) < 4.78 is 42.8. The van der Waals surface area contributed by atoms with Gasteiger partial charge >= 0.3 is 11.8 Å². The molecular weight excluding hydrogens is 462 g/mol. The Morgan fingerprint density at radius 2 is 2.00 bits per heavy atom. The summed E-state index contributed by atoms with van der Waals surface area (Å²) in [6.07, 6.45) is -4.27. The van der Waals surface area contributed by atoms with E-state index in [-0.39, 0.29) is 40.4 Å². The molecule has 0 aliphatic carbocycles. The molecule has 0 bridgehead atoms. The van der Waals surface area contributed by atoms with Crippen molar-refractivity contribution in [2.45, 2.75) is 77.9 Å². The Morgan fingerprint density at radius 1 is 1.29 bits per heavy atom. The van der Waals surface area contributed by atoms with Crippen LogP contribution in [0.5, 0.6) is 0 Å². The lowest BCUT2D eigenvalue weighted by molar-refractivity contribution is -0.0172. The lowest BCUT2D eigenvalue weighted by atomic mass is 10.2. The molecule has 2 heterocycles. The number of anilines is 1. The molecule has 1 amide bonds. The van der Waals surface area contributed by atoms with Crippen LogP contribution in [0.15, 0.2) is 47.4 Å². The van der Waals surface area contributed by atoms with Crippen LogP contribution in [-0.2, 0) is 20.6 Å². The van der Waals surface area contributed by atoms with E-state index in [1.807, 2.05) is 58.0 Å². The van der Waals surface area contributed by atoms with Crippen LogP contribution in [0, 0.1) is 0 Å². The Morgan fingerprint density at radius 3 is 2.62 bits per heavy atom. The Hall–Kier alpha value is -2.39. The summed E-state index contributed by atoms with van der Waals surface area (Å²) in [5.74, 6) is -0.0338. The van der Waals surface area contributed by atoms with Crippen molar-refractivity contribution in [1.29, 1.82) is 0 Å². The highest BCUT2D eigenvalue weighted by Crippen LogP contribution is 2.38. The van der Waals surface area contributed by atoms with Gasteiger partial charge in [-0.05, 0) is 46.2 Å². The largest absolute Gasteiger partial charge is 0.444 e. The molecule has 1 aromatic heterocycles. The number of carbonyl (C=O) groups excluding carboxylic acids is 1. The summed E-state index contributed by atoms with van der Waals surface area (Å²) in [6, 6.07) is 10.9. The smallest absolute Gasteiger partial charge is 0.413 e. The maximum absolute atomic E-state index is 15.4. The minimum Gasteiger partial charge on any atom is -0.444 e. The second-order valence-corrected chi connectivity index (χ2v) is 9.40. The van der Waals surface area contributed by atoms with Crippen molar-refractivity contribution in [1.82, 2.24) is 14.2 Å². The number of hydrogen-bond donors (Lipinski definition) is 1. The molecule has 34 heavy (non-hydrogen) atoms. The first-order chi connectivity index (χ1) is 16.7. The molecule has 9 nitrogen and oxygen atoms in total. The molecule has 2 aromatic rings. The van der Waals surface area contributed by atoms with Crippen LogP contribution in [0.2, 0.25) is 0 Å². The normalized spacial score (nSPS) is 23.2. The van der Waals surface area contributed by atoms with Gasteiger partial charge in [0.2, 0.25) is 0 Å². The average Bonchev–Trinajstić information content (AvgIpc) is 3.13. The molecule has 0 spiro atoms. The quantitative estimate of drug-likeness (QED) is 0.520. The SMILES string of the molecule is [2H]CC1OC(n2ccc(NC(=O)OCc3ccccc3)nc2=O)C(F)C1OPN(C(C)C)C(C)C. The summed E-state index contributed by atoms with van der Waals surface area (Å²) in [5.41, 5.74) is 0.000893. The third-order valence-corrected chi connectivity index (χ3v) is 6.84. The van der Waals surface area contributed by atoms with Crippen LogP contribution in [-0.4, -0.2) is 50.8 Å². The van der Waals surface area contributed by atoms with E-state index in [1.165, 1.54) is 12.3 Å². The number of hydrogen-bond acceptors (Lipinski definition) is 7. The van der Waals surface area contributed by atoms with Crippen LogP contribution in [0.25, 0.3) is 0 Å². The number of carbonyl (C=O) groups is 1. The fourth-order valence-electron chi connectivity index (χ4n) is 3.53. The van der Waals surface area contributed by atoms with E-state index in [0.29, 0.717) is 0 Å². The zero-order chi connectivity index (χ0) is 25.5. The van der Waals surface area contributed by atoms with Gasteiger partial charge in [0.15, 0.2) is 12.4 Å². The molecule has 186 valence electrons. The predicted octanol–water partition coefficient (Wildman–Crippen LogP) is 4.26. The highest BCUT2D eigenvalue weighted by Gasteiger charge is 2.45. The highest BCUT2D eigenvalue weighted by molar-refractivity contribution is 7.29. The van der Waals surface area contributed by atoms with E-state index in [9.17, 15) is 9.59 Å².